The SMILES string of the molecule is C(=Cc1ccccc1)c1ccccc1.COc1ccc(/C=C/c2cc(O)cc(O[C@@H]3O[C@H](CO)[C@@H](O)[C@H](O)[C@H]3O)c2)cc1O. The lowest BCUT2D eigenvalue weighted by Crippen LogP contribution is -2.60. The zero-order valence-corrected chi connectivity index (χ0v) is 24.0. The Labute approximate surface area is 255 Å². The van der Waals surface area contributed by atoms with Gasteiger partial charge >= 0.3 is 0 Å². The molecule has 1 saturated heterocycles. The first-order valence-electron chi connectivity index (χ1n) is 13.9. The molecule has 0 saturated carbocycles. The fourth-order valence-corrected chi connectivity index (χ4v) is 4.39. The van der Waals surface area contributed by atoms with E-state index in [-0.39, 0.29) is 17.2 Å². The highest BCUT2D eigenvalue weighted by molar-refractivity contribution is 5.72. The van der Waals surface area contributed by atoms with Crippen LogP contribution in [0.2, 0.25) is 0 Å². The van der Waals surface area contributed by atoms with Gasteiger partial charge in [0.15, 0.2) is 11.5 Å². The van der Waals surface area contributed by atoms with E-state index in [1.54, 1.807) is 30.4 Å². The van der Waals surface area contributed by atoms with Crippen LogP contribution in [0.5, 0.6) is 23.0 Å². The third kappa shape index (κ3) is 8.93. The van der Waals surface area contributed by atoms with Crippen molar-refractivity contribution in [2.75, 3.05) is 13.7 Å². The van der Waals surface area contributed by atoms with Crippen molar-refractivity contribution in [2.45, 2.75) is 30.7 Å². The molecule has 5 atom stereocenters. The minimum atomic E-state index is -1.57. The molecule has 0 spiro atoms. The maximum absolute atomic E-state index is 10.1. The average Bonchev–Trinajstić information content (AvgIpc) is 3.04. The van der Waals surface area contributed by atoms with Crippen LogP contribution in [-0.4, -0.2) is 75.1 Å². The third-order valence-electron chi connectivity index (χ3n) is 6.75. The fourth-order valence-electron chi connectivity index (χ4n) is 4.39. The Bertz CT molecular complexity index is 1480. The van der Waals surface area contributed by atoms with Crippen molar-refractivity contribution in [3.05, 3.63) is 119 Å². The maximum Gasteiger partial charge on any atom is 0.229 e. The number of benzene rings is 4. The summed E-state index contributed by atoms with van der Waals surface area (Å²) < 4.78 is 15.8. The van der Waals surface area contributed by atoms with E-state index in [0.29, 0.717) is 16.9 Å². The van der Waals surface area contributed by atoms with Crippen LogP contribution in [0.15, 0.2) is 97.1 Å². The van der Waals surface area contributed by atoms with Crippen molar-refractivity contribution in [1.82, 2.24) is 0 Å². The molecular formula is C35H36O9. The minimum Gasteiger partial charge on any atom is -0.508 e. The predicted molar refractivity (Wildman–Crippen MR) is 168 cm³/mol. The van der Waals surface area contributed by atoms with Crippen LogP contribution in [0.25, 0.3) is 24.3 Å². The van der Waals surface area contributed by atoms with Crippen LogP contribution in [0.3, 0.4) is 0 Å². The summed E-state index contributed by atoms with van der Waals surface area (Å²) in [5, 5.41) is 58.9. The number of aliphatic hydroxyl groups excluding tert-OH is 4. The molecule has 4 aromatic rings. The number of hydrogen-bond acceptors (Lipinski definition) is 9. The first kappa shape index (κ1) is 32.3. The van der Waals surface area contributed by atoms with Crippen LogP contribution in [0.1, 0.15) is 22.3 Å². The van der Waals surface area contributed by atoms with Gasteiger partial charge in [0.2, 0.25) is 6.29 Å². The maximum atomic E-state index is 10.1. The van der Waals surface area contributed by atoms with Gasteiger partial charge in [0.25, 0.3) is 0 Å². The third-order valence-corrected chi connectivity index (χ3v) is 6.75. The van der Waals surface area contributed by atoms with Crippen molar-refractivity contribution >= 4 is 24.3 Å². The van der Waals surface area contributed by atoms with E-state index < -0.39 is 37.3 Å². The topological polar surface area (TPSA) is 149 Å². The Hall–Kier alpha value is -4.64. The molecule has 1 heterocycles. The van der Waals surface area contributed by atoms with E-state index in [0.717, 1.165) is 0 Å². The number of phenols is 2. The van der Waals surface area contributed by atoms with Crippen LogP contribution in [0.4, 0.5) is 0 Å². The molecule has 1 aliphatic rings. The second-order valence-corrected chi connectivity index (χ2v) is 9.99. The molecule has 0 unspecified atom stereocenters. The number of methoxy groups -OCH3 is 1. The molecule has 0 amide bonds. The predicted octanol–water partition coefficient (Wildman–Crippen LogP) is 4.31. The molecule has 44 heavy (non-hydrogen) atoms. The van der Waals surface area contributed by atoms with Gasteiger partial charge < -0.3 is 44.8 Å². The molecule has 1 aliphatic heterocycles. The molecule has 0 bridgehead atoms. The van der Waals surface area contributed by atoms with Gasteiger partial charge in [-0.25, -0.2) is 0 Å². The quantitative estimate of drug-likeness (QED) is 0.163. The second kappa shape index (κ2) is 15.7. The van der Waals surface area contributed by atoms with Gasteiger partial charge in [-0.2, -0.15) is 0 Å². The smallest absolute Gasteiger partial charge is 0.229 e. The summed E-state index contributed by atoms with van der Waals surface area (Å²) >= 11 is 0. The number of phenolic OH excluding ortho intramolecular Hbond substituents is 2. The first-order chi connectivity index (χ1) is 21.3. The lowest BCUT2D eigenvalue weighted by Gasteiger charge is -2.39. The van der Waals surface area contributed by atoms with Gasteiger partial charge in [-0.1, -0.05) is 91.0 Å². The van der Waals surface area contributed by atoms with E-state index >= 15 is 0 Å². The average molecular weight is 601 g/mol. The van der Waals surface area contributed by atoms with Gasteiger partial charge in [-0.05, 0) is 46.5 Å². The summed E-state index contributed by atoms with van der Waals surface area (Å²) in [4.78, 5) is 0. The van der Waals surface area contributed by atoms with E-state index in [1.165, 1.54) is 36.4 Å². The number of rotatable bonds is 8. The number of aliphatic hydroxyl groups is 4. The fraction of sp³-hybridized carbons (Fsp3) is 0.200. The molecule has 6 N–H and O–H groups in total. The van der Waals surface area contributed by atoms with Crippen LogP contribution < -0.4 is 9.47 Å². The van der Waals surface area contributed by atoms with Gasteiger partial charge in [-0.15, -0.1) is 0 Å². The van der Waals surface area contributed by atoms with Crippen molar-refractivity contribution < 1.29 is 44.8 Å². The molecule has 230 valence electrons. The molecule has 0 aliphatic carbocycles. The van der Waals surface area contributed by atoms with Gasteiger partial charge in [0.1, 0.15) is 35.9 Å². The summed E-state index contributed by atoms with van der Waals surface area (Å²) in [6.07, 6.45) is 0.517. The Morgan fingerprint density at radius 2 is 1.25 bits per heavy atom. The summed E-state index contributed by atoms with van der Waals surface area (Å²) in [6.45, 7) is -0.576. The molecule has 5 rings (SSSR count). The Morgan fingerprint density at radius 1 is 0.659 bits per heavy atom. The largest absolute Gasteiger partial charge is 0.508 e. The lowest BCUT2D eigenvalue weighted by atomic mass is 9.99. The van der Waals surface area contributed by atoms with E-state index in [9.17, 15) is 30.6 Å². The highest BCUT2D eigenvalue weighted by atomic mass is 16.7. The molecule has 9 heteroatoms. The summed E-state index contributed by atoms with van der Waals surface area (Å²) in [6, 6.07) is 29.8. The van der Waals surface area contributed by atoms with E-state index in [1.807, 2.05) is 36.4 Å². The van der Waals surface area contributed by atoms with Gasteiger partial charge in [-0.3, -0.25) is 0 Å². The Balaban J connectivity index is 0.000000262. The first-order valence-corrected chi connectivity index (χ1v) is 13.9. The highest BCUT2D eigenvalue weighted by Gasteiger charge is 2.44. The van der Waals surface area contributed by atoms with Gasteiger partial charge in [0.05, 0.1) is 13.7 Å². The van der Waals surface area contributed by atoms with Crippen molar-refractivity contribution in [3.8, 4) is 23.0 Å². The van der Waals surface area contributed by atoms with Crippen LogP contribution >= 0.6 is 0 Å². The molecule has 1 fully saturated rings. The van der Waals surface area contributed by atoms with Crippen LogP contribution in [-0.2, 0) is 4.74 Å². The lowest BCUT2D eigenvalue weighted by molar-refractivity contribution is -0.277. The number of hydrogen-bond donors (Lipinski definition) is 6. The standard InChI is InChI=1S/C21H24O9.C14H12/c1-28-16-5-4-11(8-15(16)24)2-3-12-6-13(23)9-14(7-12)29-21-20(27)19(26)18(25)17(10-22)30-21;1-3-7-13(8-4-1)11-12-14-9-5-2-6-10-14/h2-9,17-27H,10H2,1H3;1-12H/b3-2+;/t17-,18-,19+,20-,21-;/m1./s1. The minimum absolute atomic E-state index is 0.0119. The molecule has 4 aromatic carbocycles. The van der Waals surface area contributed by atoms with Crippen LogP contribution in [0, 0.1) is 0 Å². The Morgan fingerprint density at radius 3 is 1.82 bits per heavy atom. The zero-order chi connectivity index (χ0) is 31.5. The summed E-state index contributed by atoms with van der Waals surface area (Å²) in [5.74, 6) is 0.354. The molecule has 0 radical (unpaired) electrons. The zero-order valence-electron chi connectivity index (χ0n) is 24.0. The number of ether oxygens (including phenoxy) is 3. The molecule has 9 nitrogen and oxygen atoms in total. The molecular weight excluding hydrogens is 564 g/mol. The molecule has 0 aromatic heterocycles. The summed E-state index contributed by atoms with van der Waals surface area (Å²) in [7, 11) is 1.45. The van der Waals surface area contributed by atoms with Crippen molar-refractivity contribution in [1.29, 1.82) is 0 Å². The van der Waals surface area contributed by atoms with E-state index in [4.69, 9.17) is 14.2 Å². The second-order valence-electron chi connectivity index (χ2n) is 9.99. The summed E-state index contributed by atoms with van der Waals surface area (Å²) in [5.41, 5.74) is 3.70. The number of aromatic hydroxyl groups is 2. The van der Waals surface area contributed by atoms with Crippen molar-refractivity contribution in [2.24, 2.45) is 0 Å². The Kier molecular flexibility index (Phi) is 11.5. The van der Waals surface area contributed by atoms with Crippen molar-refractivity contribution in [3.63, 3.8) is 0 Å². The highest BCUT2D eigenvalue weighted by Crippen LogP contribution is 2.30. The monoisotopic (exact) mass is 600 g/mol. The van der Waals surface area contributed by atoms with Gasteiger partial charge in [0, 0.05) is 6.07 Å². The normalized spacial score (nSPS) is 21.5. The van der Waals surface area contributed by atoms with E-state index in [2.05, 4.69) is 36.4 Å².